The number of nitrogens with zero attached hydrogens (tertiary/aromatic N) is 4. The van der Waals surface area contributed by atoms with Gasteiger partial charge in [-0.1, -0.05) is 35.4 Å². The number of hydrogen-bond acceptors (Lipinski definition) is 5. The minimum Gasteiger partial charge on any atom is -0.368 e. The van der Waals surface area contributed by atoms with Crippen molar-refractivity contribution in [3.8, 4) is 0 Å². The van der Waals surface area contributed by atoms with Crippen LogP contribution in [-0.4, -0.2) is 36.1 Å². The number of aromatic nitrogens is 2. The van der Waals surface area contributed by atoms with Gasteiger partial charge in [-0.05, 0) is 43.3 Å². The standard InChI is InChI=1S/C21H22ClN5/c1-16-5-7-18(8-6-16)24-21-23-10-9-20(25-21)27-13-11-26(12-14-27)19-4-2-3-17(22)15-19/h2-10,15H,11-14H2,1H3,(H,23,24,25). The average Bonchev–Trinajstić information content (AvgIpc) is 2.70. The highest BCUT2D eigenvalue weighted by Crippen LogP contribution is 2.23. The van der Waals surface area contributed by atoms with E-state index >= 15 is 0 Å². The van der Waals surface area contributed by atoms with E-state index in [-0.39, 0.29) is 0 Å². The number of rotatable bonds is 4. The molecule has 0 amide bonds. The third kappa shape index (κ3) is 4.31. The van der Waals surface area contributed by atoms with Gasteiger partial charge in [0.05, 0.1) is 0 Å². The van der Waals surface area contributed by atoms with Crippen LogP contribution in [0.3, 0.4) is 0 Å². The molecule has 1 aliphatic rings. The third-order valence-electron chi connectivity index (χ3n) is 4.73. The lowest BCUT2D eigenvalue weighted by atomic mass is 10.2. The molecule has 2 aromatic carbocycles. The zero-order valence-electron chi connectivity index (χ0n) is 15.3. The van der Waals surface area contributed by atoms with Gasteiger partial charge in [0.25, 0.3) is 0 Å². The normalized spacial score (nSPS) is 14.3. The van der Waals surface area contributed by atoms with E-state index in [1.165, 1.54) is 11.3 Å². The summed E-state index contributed by atoms with van der Waals surface area (Å²) in [5.41, 5.74) is 3.39. The van der Waals surface area contributed by atoms with E-state index < -0.39 is 0 Å². The van der Waals surface area contributed by atoms with E-state index in [9.17, 15) is 0 Å². The summed E-state index contributed by atoms with van der Waals surface area (Å²) >= 11 is 6.12. The Kier molecular flexibility index (Phi) is 5.12. The molecular weight excluding hydrogens is 358 g/mol. The van der Waals surface area contributed by atoms with Crippen LogP contribution in [0.5, 0.6) is 0 Å². The number of halogens is 1. The van der Waals surface area contributed by atoms with Crippen LogP contribution in [0, 0.1) is 6.92 Å². The quantitative estimate of drug-likeness (QED) is 0.722. The monoisotopic (exact) mass is 379 g/mol. The number of nitrogens with one attached hydrogen (secondary N) is 1. The number of piperazine rings is 1. The van der Waals surface area contributed by atoms with Crippen LogP contribution in [0.15, 0.2) is 60.8 Å². The van der Waals surface area contributed by atoms with E-state index in [2.05, 4.69) is 45.2 Å². The number of benzene rings is 2. The van der Waals surface area contributed by atoms with E-state index in [0.717, 1.165) is 42.7 Å². The molecule has 6 heteroatoms. The maximum absolute atomic E-state index is 6.12. The molecule has 4 rings (SSSR count). The fourth-order valence-electron chi connectivity index (χ4n) is 3.22. The van der Waals surface area contributed by atoms with Crippen molar-refractivity contribution in [2.75, 3.05) is 41.3 Å². The van der Waals surface area contributed by atoms with E-state index in [4.69, 9.17) is 16.6 Å². The first-order valence-corrected chi connectivity index (χ1v) is 9.47. The smallest absolute Gasteiger partial charge is 0.229 e. The van der Waals surface area contributed by atoms with Gasteiger partial charge < -0.3 is 15.1 Å². The zero-order chi connectivity index (χ0) is 18.6. The van der Waals surface area contributed by atoms with Gasteiger partial charge in [-0.3, -0.25) is 0 Å². The lowest BCUT2D eigenvalue weighted by molar-refractivity contribution is 0.647. The van der Waals surface area contributed by atoms with Crippen molar-refractivity contribution in [1.82, 2.24) is 9.97 Å². The number of anilines is 4. The van der Waals surface area contributed by atoms with Gasteiger partial charge in [0, 0.05) is 48.8 Å². The Morgan fingerprint density at radius 3 is 2.41 bits per heavy atom. The lowest BCUT2D eigenvalue weighted by Gasteiger charge is -2.36. The maximum atomic E-state index is 6.12. The molecular formula is C21H22ClN5. The highest BCUT2D eigenvalue weighted by molar-refractivity contribution is 6.30. The van der Waals surface area contributed by atoms with Crippen molar-refractivity contribution in [2.24, 2.45) is 0 Å². The fraction of sp³-hybridized carbons (Fsp3) is 0.238. The van der Waals surface area contributed by atoms with Gasteiger partial charge >= 0.3 is 0 Å². The summed E-state index contributed by atoms with van der Waals surface area (Å²) < 4.78 is 0. The number of aryl methyl sites for hydroxylation is 1. The predicted molar refractivity (Wildman–Crippen MR) is 112 cm³/mol. The Labute approximate surface area is 164 Å². The van der Waals surface area contributed by atoms with E-state index in [0.29, 0.717) is 5.95 Å². The van der Waals surface area contributed by atoms with Crippen LogP contribution in [0.4, 0.5) is 23.1 Å². The van der Waals surface area contributed by atoms with Gasteiger partial charge in [0.2, 0.25) is 5.95 Å². The minimum absolute atomic E-state index is 0.619. The van der Waals surface area contributed by atoms with Crippen LogP contribution in [0.25, 0.3) is 0 Å². The second-order valence-electron chi connectivity index (χ2n) is 6.68. The first kappa shape index (κ1) is 17.6. The molecule has 1 N–H and O–H groups in total. The molecule has 0 spiro atoms. The van der Waals surface area contributed by atoms with Gasteiger partial charge in [0.1, 0.15) is 5.82 Å². The van der Waals surface area contributed by atoms with Crippen molar-refractivity contribution >= 4 is 34.7 Å². The van der Waals surface area contributed by atoms with Crippen LogP contribution in [0.2, 0.25) is 5.02 Å². The van der Waals surface area contributed by atoms with Crippen molar-refractivity contribution in [2.45, 2.75) is 6.92 Å². The molecule has 1 fully saturated rings. The van der Waals surface area contributed by atoms with E-state index in [1.807, 2.05) is 42.6 Å². The maximum Gasteiger partial charge on any atom is 0.229 e. The molecule has 0 bridgehead atoms. The highest BCUT2D eigenvalue weighted by Gasteiger charge is 2.19. The topological polar surface area (TPSA) is 44.3 Å². The van der Waals surface area contributed by atoms with Crippen LogP contribution >= 0.6 is 11.6 Å². The molecule has 0 saturated carbocycles. The van der Waals surface area contributed by atoms with Gasteiger partial charge in [-0.2, -0.15) is 4.98 Å². The minimum atomic E-state index is 0.619. The van der Waals surface area contributed by atoms with Crippen LogP contribution < -0.4 is 15.1 Å². The van der Waals surface area contributed by atoms with Crippen molar-refractivity contribution < 1.29 is 0 Å². The summed E-state index contributed by atoms with van der Waals surface area (Å²) in [4.78, 5) is 13.7. The molecule has 0 unspecified atom stereocenters. The second kappa shape index (κ2) is 7.84. The molecule has 0 aliphatic carbocycles. The fourth-order valence-corrected chi connectivity index (χ4v) is 3.40. The highest BCUT2D eigenvalue weighted by atomic mass is 35.5. The molecule has 0 radical (unpaired) electrons. The van der Waals surface area contributed by atoms with E-state index in [1.54, 1.807) is 0 Å². The first-order valence-electron chi connectivity index (χ1n) is 9.09. The molecule has 5 nitrogen and oxygen atoms in total. The average molecular weight is 380 g/mol. The Balaban J connectivity index is 1.42. The largest absolute Gasteiger partial charge is 0.368 e. The number of hydrogen-bond donors (Lipinski definition) is 1. The van der Waals surface area contributed by atoms with Crippen molar-refractivity contribution in [3.63, 3.8) is 0 Å². The SMILES string of the molecule is Cc1ccc(Nc2nccc(N3CCN(c4cccc(Cl)c4)CC3)n2)cc1. The molecule has 1 saturated heterocycles. The molecule has 1 aliphatic heterocycles. The summed E-state index contributed by atoms with van der Waals surface area (Å²) in [5, 5.41) is 4.05. The van der Waals surface area contributed by atoms with Crippen molar-refractivity contribution in [1.29, 1.82) is 0 Å². The lowest BCUT2D eigenvalue weighted by Crippen LogP contribution is -2.46. The summed E-state index contributed by atoms with van der Waals surface area (Å²) in [6.45, 7) is 5.76. The summed E-state index contributed by atoms with van der Waals surface area (Å²) in [6, 6.07) is 18.2. The van der Waals surface area contributed by atoms with Gasteiger partial charge in [0.15, 0.2) is 0 Å². The molecule has 138 valence electrons. The van der Waals surface area contributed by atoms with Gasteiger partial charge in [-0.15, -0.1) is 0 Å². The summed E-state index contributed by atoms with van der Waals surface area (Å²) in [5.74, 6) is 1.57. The Morgan fingerprint density at radius 2 is 1.67 bits per heavy atom. The predicted octanol–water partition coefficient (Wildman–Crippen LogP) is 4.51. The Morgan fingerprint density at radius 1 is 0.926 bits per heavy atom. The first-order chi connectivity index (χ1) is 13.2. The molecule has 2 heterocycles. The summed E-state index contributed by atoms with van der Waals surface area (Å²) in [6.07, 6.45) is 1.81. The Bertz CT molecular complexity index is 904. The summed E-state index contributed by atoms with van der Waals surface area (Å²) in [7, 11) is 0. The molecule has 0 atom stereocenters. The molecule has 27 heavy (non-hydrogen) atoms. The van der Waals surface area contributed by atoms with Gasteiger partial charge in [-0.25, -0.2) is 4.98 Å². The zero-order valence-corrected chi connectivity index (χ0v) is 16.0. The van der Waals surface area contributed by atoms with Crippen molar-refractivity contribution in [3.05, 3.63) is 71.4 Å². The third-order valence-corrected chi connectivity index (χ3v) is 4.96. The molecule has 3 aromatic rings. The Hall–Kier alpha value is -2.79. The van der Waals surface area contributed by atoms with Crippen LogP contribution in [-0.2, 0) is 0 Å². The van der Waals surface area contributed by atoms with Crippen LogP contribution in [0.1, 0.15) is 5.56 Å². The molecule has 1 aromatic heterocycles. The second-order valence-corrected chi connectivity index (χ2v) is 7.12.